The van der Waals surface area contributed by atoms with Gasteiger partial charge in [0.15, 0.2) is 0 Å². The zero-order chi connectivity index (χ0) is 19.6. The molecule has 0 atom stereocenters. The van der Waals surface area contributed by atoms with E-state index in [1.807, 2.05) is 0 Å². The van der Waals surface area contributed by atoms with Crippen molar-refractivity contribution in [2.75, 3.05) is 4.90 Å². The van der Waals surface area contributed by atoms with E-state index >= 15 is 0 Å². The Bertz CT molecular complexity index is 622. The zero-order valence-electron chi connectivity index (χ0n) is 15.2. The number of hydrogen-bond acceptors (Lipinski definition) is 3. The highest BCUT2D eigenvalue weighted by atomic mass is 35.5. The number of carbonyl (C=O) groups is 2. The molecule has 0 saturated carbocycles. The van der Waals surface area contributed by atoms with Gasteiger partial charge in [0.25, 0.3) is 0 Å². The third kappa shape index (κ3) is 5.68. The monoisotopic (exact) mass is 390 g/mol. The summed E-state index contributed by atoms with van der Waals surface area (Å²) in [6.45, 7) is 10.0. The first-order valence-electron chi connectivity index (χ1n) is 7.77. The van der Waals surface area contributed by atoms with Gasteiger partial charge in [-0.1, -0.05) is 29.3 Å². The number of halogens is 2. The minimum absolute atomic E-state index is 0.196. The zero-order valence-corrected chi connectivity index (χ0v) is 16.7. The maximum absolute atomic E-state index is 12.6. The Kier molecular flexibility index (Phi) is 6.59. The summed E-state index contributed by atoms with van der Waals surface area (Å²) in [5.41, 5.74) is 0.398. The molecule has 0 unspecified atom stereocenters. The standard InChI is InChI=1S/C17H24Cl2N2O4/c1-11(2)20(14(22)23)12-8-7-9-13(10-12)25-15(24)21(16(3,4)18)17(5,6)19/h7-11H,1-6H3,(H,22,23). The van der Waals surface area contributed by atoms with Crippen LogP contribution in [0.25, 0.3) is 0 Å². The van der Waals surface area contributed by atoms with Gasteiger partial charge in [-0.3, -0.25) is 9.80 Å². The van der Waals surface area contributed by atoms with Crippen molar-refractivity contribution >= 4 is 41.1 Å². The molecule has 0 aliphatic heterocycles. The number of carbonyl (C=O) groups excluding carboxylic acids is 1. The molecule has 1 aromatic rings. The number of carboxylic acid groups (broad SMARTS) is 1. The molecule has 0 aliphatic carbocycles. The predicted molar refractivity (Wildman–Crippen MR) is 99.8 cm³/mol. The molecule has 1 N–H and O–H groups in total. The predicted octanol–water partition coefficient (Wildman–Crippen LogP) is 5.33. The van der Waals surface area contributed by atoms with Gasteiger partial charge in [0.1, 0.15) is 15.7 Å². The number of benzene rings is 1. The molecule has 0 fully saturated rings. The minimum atomic E-state index is -1.09. The average Bonchev–Trinajstić information content (AvgIpc) is 2.33. The molecule has 2 amide bonds. The number of nitrogens with zero attached hydrogens (tertiary/aromatic N) is 2. The molecular formula is C17H24Cl2N2O4. The number of alkyl halides is 2. The molecule has 0 spiro atoms. The fourth-order valence-electron chi connectivity index (χ4n) is 2.54. The minimum Gasteiger partial charge on any atom is -0.465 e. The van der Waals surface area contributed by atoms with Crippen LogP contribution in [0.15, 0.2) is 24.3 Å². The second kappa shape index (κ2) is 7.70. The molecule has 0 radical (unpaired) electrons. The Balaban J connectivity index is 3.13. The normalized spacial score (nSPS) is 12.0. The maximum Gasteiger partial charge on any atom is 0.418 e. The largest absolute Gasteiger partial charge is 0.465 e. The molecule has 8 heteroatoms. The van der Waals surface area contributed by atoms with Crippen molar-refractivity contribution in [1.29, 1.82) is 0 Å². The van der Waals surface area contributed by atoms with Crippen LogP contribution in [0.5, 0.6) is 5.75 Å². The van der Waals surface area contributed by atoms with Crippen LogP contribution in [0.2, 0.25) is 0 Å². The van der Waals surface area contributed by atoms with Gasteiger partial charge in [-0.15, -0.1) is 0 Å². The van der Waals surface area contributed by atoms with Crippen LogP contribution in [-0.2, 0) is 0 Å². The van der Waals surface area contributed by atoms with Crippen LogP contribution in [0, 0.1) is 0 Å². The lowest BCUT2D eigenvalue weighted by atomic mass is 10.2. The van der Waals surface area contributed by atoms with Gasteiger partial charge < -0.3 is 9.84 Å². The van der Waals surface area contributed by atoms with Gasteiger partial charge in [-0.2, -0.15) is 0 Å². The summed E-state index contributed by atoms with van der Waals surface area (Å²) >= 11 is 12.5. The SMILES string of the molecule is CC(C)N(C(=O)O)c1cccc(OC(=O)N(C(C)(C)Cl)C(C)(C)Cl)c1. The van der Waals surface area contributed by atoms with Gasteiger partial charge in [-0.05, 0) is 53.7 Å². The molecule has 1 rings (SSSR count). The first kappa shape index (κ1) is 21.4. The molecule has 0 heterocycles. The highest BCUT2D eigenvalue weighted by Crippen LogP contribution is 2.33. The smallest absolute Gasteiger partial charge is 0.418 e. The first-order chi connectivity index (χ1) is 11.2. The lowest BCUT2D eigenvalue weighted by molar-refractivity contribution is 0.0974. The van der Waals surface area contributed by atoms with Gasteiger partial charge >= 0.3 is 12.2 Å². The topological polar surface area (TPSA) is 70.1 Å². The number of ether oxygens (including phenoxy) is 1. The van der Waals surface area contributed by atoms with Crippen LogP contribution < -0.4 is 9.64 Å². The Labute approximate surface area is 158 Å². The van der Waals surface area contributed by atoms with Gasteiger partial charge in [0.05, 0.1) is 5.69 Å². The Hall–Kier alpha value is -1.66. The highest BCUT2D eigenvalue weighted by molar-refractivity contribution is 6.27. The highest BCUT2D eigenvalue weighted by Gasteiger charge is 2.40. The average molecular weight is 391 g/mol. The van der Waals surface area contributed by atoms with Crippen molar-refractivity contribution in [2.45, 2.75) is 57.6 Å². The van der Waals surface area contributed by atoms with Crippen LogP contribution in [0.3, 0.4) is 0 Å². The van der Waals surface area contributed by atoms with Crippen molar-refractivity contribution in [1.82, 2.24) is 4.90 Å². The van der Waals surface area contributed by atoms with E-state index < -0.39 is 22.2 Å². The van der Waals surface area contributed by atoms with Gasteiger partial charge in [0, 0.05) is 12.1 Å². The van der Waals surface area contributed by atoms with Gasteiger partial charge in [0.2, 0.25) is 0 Å². The molecule has 6 nitrogen and oxygen atoms in total. The second-order valence-corrected chi connectivity index (χ2v) is 8.62. The third-order valence-electron chi connectivity index (χ3n) is 3.27. The lowest BCUT2D eigenvalue weighted by Gasteiger charge is -2.40. The third-order valence-corrected chi connectivity index (χ3v) is 3.61. The molecule has 25 heavy (non-hydrogen) atoms. The van der Waals surface area contributed by atoms with Crippen LogP contribution in [0.4, 0.5) is 15.3 Å². The molecule has 0 aromatic heterocycles. The first-order valence-corrected chi connectivity index (χ1v) is 8.53. The lowest BCUT2D eigenvalue weighted by Crippen LogP contribution is -2.54. The molecule has 0 bridgehead atoms. The molecular weight excluding hydrogens is 367 g/mol. The van der Waals surface area contributed by atoms with Crippen LogP contribution in [0.1, 0.15) is 41.5 Å². The summed E-state index contributed by atoms with van der Waals surface area (Å²) in [7, 11) is 0. The van der Waals surface area contributed by atoms with Gasteiger partial charge in [-0.25, -0.2) is 9.59 Å². The Morgan fingerprint density at radius 3 is 2.04 bits per heavy atom. The summed E-state index contributed by atoms with van der Waals surface area (Å²) < 4.78 is 5.38. The summed E-state index contributed by atoms with van der Waals surface area (Å²) in [4.78, 5) is 24.2. The molecule has 0 saturated heterocycles. The van der Waals surface area contributed by atoms with Crippen LogP contribution in [-0.4, -0.2) is 38.2 Å². The number of anilines is 1. The Morgan fingerprint density at radius 2 is 1.64 bits per heavy atom. The number of hydrogen-bond donors (Lipinski definition) is 1. The van der Waals surface area contributed by atoms with E-state index in [1.54, 1.807) is 59.7 Å². The van der Waals surface area contributed by atoms with Crippen LogP contribution >= 0.6 is 23.2 Å². The van der Waals surface area contributed by atoms with E-state index in [2.05, 4.69) is 0 Å². The summed E-state index contributed by atoms with van der Waals surface area (Å²) in [5, 5.41) is 9.35. The van der Waals surface area contributed by atoms with E-state index in [9.17, 15) is 14.7 Å². The van der Waals surface area contributed by atoms with Crippen molar-refractivity contribution < 1.29 is 19.4 Å². The maximum atomic E-state index is 12.6. The summed E-state index contributed by atoms with van der Waals surface area (Å²) in [6.07, 6.45) is -1.83. The summed E-state index contributed by atoms with van der Waals surface area (Å²) in [5.74, 6) is 0.196. The fourth-order valence-corrected chi connectivity index (χ4v) is 3.14. The van der Waals surface area contributed by atoms with Crippen molar-refractivity contribution in [2.24, 2.45) is 0 Å². The van der Waals surface area contributed by atoms with Crippen molar-refractivity contribution in [3.8, 4) is 5.75 Å². The molecule has 0 aliphatic rings. The number of rotatable bonds is 5. The fraction of sp³-hybridized carbons (Fsp3) is 0.529. The quantitative estimate of drug-likeness (QED) is 0.544. The molecule has 140 valence electrons. The van der Waals surface area contributed by atoms with E-state index in [0.29, 0.717) is 5.69 Å². The van der Waals surface area contributed by atoms with E-state index in [-0.39, 0.29) is 11.8 Å². The molecule has 1 aromatic carbocycles. The van der Waals surface area contributed by atoms with E-state index in [1.165, 1.54) is 15.9 Å². The second-order valence-electron chi connectivity index (χ2n) is 6.77. The van der Waals surface area contributed by atoms with E-state index in [4.69, 9.17) is 27.9 Å². The van der Waals surface area contributed by atoms with Crippen molar-refractivity contribution in [3.05, 3.63) is 24.3 Å². The summed E-state index contributed by atoms with van der Waals surface area (Å²) in [6, 6.07) is 6.00. The van der Waals surface area contributed by atoms with Crippen molar-refractivity contribution in [3.63, 3.8) is 0 Å². The Morgan fingerprint density at radius 1 is 1.12 bits per heavy atom. The van der Waals surface area contributed by atoms with E-state index in [0.717, 1.165) is 0 Å². The number of amides is 2.